The molecule has 2 rings (SSSR count). The zero-order valence-corrected chi connectivity index (χ0v) is 9.02. The van der Waals surface area contributed by atoms with E-state index in [0.29, 0.717) is 0 Å². The smallest absolute Gasteiger partial charge is 0.0408 e. The van der Waals surface area contributed by atoms with Gasteiger partial charge in [0, 0.05) is 16.0 Å². The molecule has 0 heterocycles. The van der Waals surface area contributed by atoms with Crippen molar-refractivity contribution in [2.24, 2.45) is 0 Å². The highest BCUT2D eigenvalue weighted by molar-refractivity contribution is 6.31. The molecule has 0 N–H and O–H groups in total. The molecule has 1 atom stereocenters. The van der Waals surface area contributed by atoms with Crippen LogP contribution < -0.4 is 0 Å². The van der Waals surface area contributed by atoms with Gasteiger partial charge in [-0.1, -0.05) is 41.4 Å². The summed E-state index contributed by atoms with van der Waals surface area (Å²) in [5.41, 5.74) is 1.16. The van der Waals surface area contributed by atoms with E-state index in [2.05, 4.69) is 6.08 Å². The van der Waals surface area contributed by atoms with Crippen molar-refractivity contribution < 1.29 is 0 Å². The van der Waals surface area contributed by atoms with E-state index in [1.54, 1.807) is 0 Å². The molecular weight excluding hydrogens is 215 g/mol. The zero-order valence-electron chi connectivity index (χ0n) is 7.50. The van der Waals surface area contributed by atoms with Crippen molar-refractivity contribution in [3.05, 3.63) is 58.1 Å². The van der Waals surface area contributed by atoms with E-state index in [9.17, 15) is 0 Å². The van der Waals surface area contributed by atoms with Gasteiger partial charge in [0.25, 0.3) is 0 Å². The molecule has 0 fully saturated rings. The molecule has 0 spiro atoms. The van der Waals surface area contributed by atoms with E-state index < -0.39 is 0 Å². The van der Waals surface area contributed by atoms with Crippen molar-refractivity contribution in [1.29, 1.82) is 0 Å². The Morgan fingerprint density at radius 2 is 2.14 bits per heavy atom. The Hall–Kier alpha value is -0.720. The third kappa shape index (κ3) is 2.02. The van der Waals surface area contributed by atoms with Crippen LogP contribution >= 0.6 is 23.2 Å². The van der Waals surface area contributed by atoms with Gasteiger partial charge >= 0.3 is 0 Å². The van der Waals surface area contributed by atoms with Crippen LogP contribution in [0.3, 0.4) is 0 Å². The van der Waals surface area contributed by atoms with Crippen LogP contribution in [0.1, 0.15) is 17.9 Å². The second-order valence-corrected chi connectivity index (χ2v) is 4.12. The van der Waals surface area contributed by atoms with Crippen LogP contribution in [0.15, 0.2) is 41.4 Å². The molecule has 1 radical (unpaired) electrons. The molecule has 0 aliphatic heterocycles. The topological polar surface area (TPSA) is 0 Å². The molecule has 1 unspecified atom stereocenters. The molecule has 0 nitrogen and oxygen atoms in total. The number of halogens is 2. The maximum Gasteiger partial charge on any atom is 0.0408 e. The fraction of sp³-hybridized carbons (Fsp3) is 0.167. The molecule has 14 heavy (non-hydrogen) atoms. The Labute approximate surface area is 93.8 Å². The average Bonchev–Trinajstić information content (AvgIpc) is 2.18. The van der Waals surface area contributed by atoms with Crippen molar-refractivity contribution in [3.8, 4) is 0 Å². The second kappa shape index (κ2) is 4.20. The fourth-order valence-electron chi connectivity index (χ4n) is 1.56. The fourth-order valence-corrected chi connectivity index (χ4v) is 2.03. The van der Waals surface area contributed by atoms with E-state index in [1.807, 2.05) is 36.4 Å². The molecule has 1 aliphatic rings. The summed E-state index contributed by atoms with van der Waals surface area (Å²) in [4.78, 5) is 0. The lowest BCUT2D eigenvalue weighted by Crippen LogP contribution is -2.00. The van der Waals surface area contributed by atoms with E-state index in [0.717, 1.165) is 22.0 Å². The quantitative estimate of drug-likeness (QED) is 0.666. The predicted octanol–water partition coefficient (Wildman–Crippen LogP) is 4.31. The number of rotatable bonds is 1. The van der Waals surface area contributed by atoms with Crippen molar-refractivity contribution in [3.63, 3.8) is 0 Å². The first-order chi connectivity index (χ1) is 6.77. The SMILES string of the molecule is ClC1=C[C]=CCC1c1cccc(Cl)c1. The van der Waals surface area contributed by atoms with E-state index in [1.165, 1.54) is 0 Å². The monoisotopic (exact) mass is 223 g/mol. The van der Waals surface area contributed by atoms with Gasteiger partial charge in [-0.15, -0.1) is 0 Å². The molecule has 1 aromatic rings. The molecular formula is C12H9Cl2. The largest absolute Gasteiger partial charge is 0.0884 e. The van der Waals surface area contributed by atoms with Gasteiger partial charge in [0.2, 0.25) is 0 Å². The molecule has 0 aromatic heterocycles. The minimum Gasteiger partial charge on any atom is -0.0884 e. The van der Waals surface area contributed by atoms with Crippen molar-refractivity contribution >= 4 is 23.2 Å². The molecule has 0 amide bonds. The van der Waals surface area contributed by atoms with Gasteiger partial charge in [0.05, 0.1) is 0 Å². The number of benzene rings is 1. The zero-order chi connectivity index (χ0) is 9.97. The Bertz CT molecular complexity index is 391. The van der Waals surface area contributed by atoms with Gasteiger partial charge in [-0.2, -0.15) is 0 Å². The summed E-state index contributed by atoms with van der Waals surface area (Å²) in [6.07, 6.45) is 7.71. The maximum atomic E-state index is 6.11. The van der Waals surface area contributed by atoms with Gasteiger partial charge in [-0.25, -0.2) is 0 Å². The van der Waals surface area contributed by atoms with Crippen molar-refractivity contribution in [1.82, 2.24) is 0 Å². The Kier molecular flexibility index (Phi) is 2.95. The third-order valence-electron chi connectivity index (χ3n) is 2.28. The van der Waals surface area contributed by atoms with Gasteiger partial charge in [-0.3, -0.25) is 0 Å². The Morgan fingerprint density at radius 3 is 2.86 bits per heavy atom. The van der Waals surface area contributed by atoms with Crippen LogP contribution in [0.25, 0.3) is 0 Å². The van der Waals surface area contributed by atoms with Crippen LogP contribution in [-0.4, -0.2) is 0 Å². The van der Waals surface area contributed by atoms with Crippen LogP contribution in [0.2, 0.25) is 5.02 Å². The highest BCUT2D eigenvalue weighted by Crippen LogP contribution is 2.34. The number of allylic oxidation sites excluding steroid dienone is 4. The van der Waals surface area contributed by atoms with Crippen LogP contribution in [0.4, 0.5) is 0 Å². The molecule has 0 saturated carbocycles. The third-order valence-corrected chi connectivity index (χ3v) is 2.88. The summed E-state index contributed by atoms with van der Waals surface area (Å²) in [6.45, 7) is 0. The lowest BCUT2D eigenvalue weighted by atomic mass is 9.92. The van der Waals surface area contributed by atoms with Crippen LogP contribution in [-0.2, 0) is 0 Å². The first-order valence-corrected chi connectivity index (χ1v) is 5.22. The Balaban J connectivity index is 2.32. The van der Waals surface area contributed by atoms with Gasteiger partial charge in [-0.05, 0) is 36.3 Å². The normalized spacial score (nSPS) is 20.7. The summed E-state index contributed by atoms with van der Waals surface area (Å²) < 4.78 is 0. The summed E-state index contributed by atoms with van der Waals surface area (Å²) in [7, 11) is 0. The van der Waals surface area contributed by atoms with E-state index in [4.69, 9.17) is 23.2 Å². The molecule has 1 aliphatic carbocycles. The first kappa shape index (κ1) is 9.82. The molecule has 2 heteroatoms. The number of hydrogen-bond donors (Lipinski definition) is 0. The van der Waals surface area contributed by atoms with Crippen LogP contribution in [0, 0.1) is 6.08 Å². The Morgan fingerprint density at radius 1 is 1.29 bits per heavy atom. The second-order valence-electron chi connectivity index (χ2n) is 3.24. The molecule has 0 saturated heterocycles. The lowest BCUT2D eigenvalue weighted by molar-refractivity contribution is 0.834. The summed E-state index contributed by atoms with van der Waals surface area (Å²) in [5.74, 6) is 0.247. The summed E-state index contributed by atoms with van der Waals surface area (Å²) >= 11 is 12.0. The van der Waals surface area contributed by atoms with E-state index >= 15 is 0 Å². The minimum atomic E-state index is 0.247. The lowest BCUT2D eigenvalue weighted by Gasteiger charge is -2.17. The van der Waals surface area contributed by atoms with Gasteiger partial charge in [0.1, 0.15) is 0 Å². The first-order valence-electron chi connectivity index (χ1n) is 4.46. The minimum absolute atomic E-state index is 0.247. The summed E-state index contributed by atoms with van der Waals surface area (Å²) in [5, 5.41) is 1.58. The highest BCUT2D eigenvalue weighted by atomic mass is 35.5. The summed E-state index contributed by atoms with van der Waals surface area (Å²) in [6, 6.07) is 7.82. The van der Waals surface area contributed by atoms with Gasteiger partial charge in [0.15, 0.2) is 0 Å². The average molecular weight is 224 g/mol. The molecule has 0 bridgehead atoms. The molecule has 71 valence electrons. The standard InChI is InChI=1S/C12H9Cl2/c13-10-5-3-4-9(8-10)11-6-1-2-7-12(11)14/h1,3-5,7-8,11H,6H2. The molecule has 1 aromatic carbocycles. The van der Waals surface area contributed by atoms with Crippen molar-refractivity contribution in [2.75, 3.05) is 0 Å². The van der Waals surface area contributed by atoms with Gasteiger partial charge < -0.3 is 0 Å². The highest BCUT2D eigenvalue weighted by Gasteiger charge is 2.15. The number of hydrogen-bond acceptors (Lipinski definition) is 0. The predicted molar refractivity (Wildman–Crippen MR) is 60.6 cm³/mol. The maximum absolute atomic E-state index is 6.11. The van der Waals surface area contributed by atoms with E-state index in [-0.39, 0.29) is 5.92 Å². The van der Waals surface area contributed by atoms with Crippen LogP contribution in [0.5, 0.6) is 0 Å². The van der Waals surface area contributed by atoms with Crippen molar-refractivity contribution in [2.45, 2.75) is 12.3 Å².